The van der Waals surface area contributed by atoms with Crippen molar-refractivity contribution in [3.8, 4) is 0 Å². The summed E-state index contributed by atoms with van der Waals surface area (Å²) in [4.78, 5) is 30.1. The lowest BCUT2D eigenvalue weighted by Crippen LogP contribution is -2.47. The van der Waals surface area contributed by atoms with Gasteiger partial charge in [0.1, 0.15) is 23.3 Å². The van der Waals surface area contributed by atoms with Gasteiger partial charge in [-0.25, -0.2) is 27.9 Å². The van der Waals surface area contributed by atoms with Crippen LogP contribution in [0.2, 0.25) is 0 Å². The van der Waals surface area contributed by atoms with E-state index in [4.69, 9.17) is 14.5 Å². The number of alkyl carbamates (subject to hydrolysis) is 1. The molecule has 4 heterocycles. The zero-order valence-corrected chi connectivity index (χ0v) is 22.2. The van der Waals surface area contributed by atoms with Gasteiger partial charge in [-0.1, -0.05) is 0 Å². The van der Waals surface area contributed by atoms with Gasteiger partial charge in [0.2, 0.25) is 0 Å². The molecule has 0 bridgehead atoms. The maximum absolute atomic E-state index is 14.8. The van der Waals surface area contributed by atoms with Crippen LogP contribution in [0.5, 0.6) is 0 Å². The Balaban J connectivity index is 1.56. The second kappa shape index (κ2) is 10.2. The Morgan fingerprint density at radius 3 is 2.77 bits per heavy atom. The number of rotatable bonds is 4. The highest BCUT2D eigenvalue weighted by Gasteiger charge is 2.39. The van der Waals surface area contributed by atoms with Crippen molar-refractivity contribution in [1.82, 2.24) is 25.2 Å². The molecule has 3 atom stereocenters. The number of hydrogen-bond acceptors (Lipinski definition) is 7. The summed E-state index contributed by atoms with van der Waals surface area (Å²) in [5, 5.41) is 20.9. The maximum Gasteiger partial charge on any atom is 0.407 e. The molecule has 3 N–H and O–H groups in total. The third-order valence-corrected chi connectivity index (χ3v) is 6.97. The first kappa shape index (κ1) is 26.9. The third kappa shape index (κ3) is 5.30. The first-order chi connectivity index (χ1) is 18.4. The van der Waals surface area contributed by atoms with Gasteiger partial charge in [0, 0.05) is 47.8 Å². The minimum atomic E-state index is -1.18. The number of fused-ring (bicyclic) bond motifs is 3. The number of aryl methyl sites for hydroxylation is 1. The predicted octanol–water partition coefficient (Wildman–Crippen LogP) is 3.80. The van der Waals surface area contributed by atoms with Crippen LogP contribution in [0, 0.1) is 18.6 Å². The summed E-state index contributed by atoms with van der Waals surface area (Å²) in [6.45, 7) is 8.11. The van der Waals surface area contributed by atoms with Crippen LogP contribution in [0.25, 0.3) is 5.65 Å². The van der Waals surface area contributed by atoms with Crippen molar-refractivity contribution >= 4 is 17.7 Å². The zero-order chi connectivity index (χ0) is 28.1. The van der Waals surface area contributed by atoms with E-state index in [9.17, 15) is 23.5 Å². The maximum atomic E-state index is 14.8. The van der Waals surface area contributed by atoms with Gasteiger partial charge >= 0.3 is 12.1 Å². The molecule has 3 aromatic rings. The molecular formula is C27H31F2N5O5. The van der Waals surface area contributed by atoms with Crippen LogP contribution in [-0.4, -0.2) is 56.6 Å². The van der Waals surface area contributed by atoms with Gasteiger partial charge < -0.3 is 25.2 Å². The van der Waals surface area contributed by atoms with Gasteiger partial charge in [0.25, 0.3) is 0 Å². The molecule has 208 valence electrons. The van der Waals surface area contributed by atoms with Gasteiger partial charge in [-0.15, -0.1) is 0 Å². The molecule has 2 aromatic heterocycles. The predicted molar refractivity (Wildman–Crippen MR) is 136 cm³/mol. The summed E-state index contributed by atoms with van der Waals surface area (Å²) in [5.74, 6) is -3.05. The highest BCUT2D eigenvalue weighted by atomic mass is 19.1. The van der Waals surface area contributed by atoms with E-state index in [1.165, 1.54) is 4.52 Å². The Morgan fingerprint density at radius 1 is 1.28 bits per heavy atom. The molecule has 1 aromatic carbocycles. The Labute approximate surface area is 223 Å². The van der Waals surface area contributed by atoms with Gasteiger partial charge in [-0.3, -0.25) is 0 Å². The van der Waals surface area contributed by atoms with Crippen LogP contribution in [0.4, 0.5) is 13.6 Å². The fourth-order valence-corrected chi connectivity index (χ4v) is 5.43. The number of nitrogens with zero attached hydrogens (tertiary/aromatic N) is 3. The molecule has 12 heteroatoms. The molecule has 2 aliphatic rings. The number of carboxylic acids is 1. The second-order valence-electron chi connectivity index (χ2n) is 11.0. The van der Waals surface area contributed by atoms with Crippen LogP contribution in [-0.2, 0) is 22.4 Å². The molecule has 1 amide bonds. The minimum Gasteiger partial charge on any atom is -0.476 e. The second-order valence-corrected chi connectivity index (χ2v) is 11.0. The van der Waals surface area contributed by atoms with Crippen LogP contribution < -0.4 is 10.6 Å². The summed E-state index contributed by atoms with van der Waals surface area (Å²) in [6, 6.07) is 2.18. The van der Waals surface area contributed by atoms with Crippen molar-refractivity contribution in [3.63, 3.8) is 0 Å². The topological polar surface area (TPSA) is 127 Å². The monoisotopic (exact) mass is 543 g/mol. The quantitative estimate of drug-likeness (QED) is 0.454. The third-order valence-electron chi connectivity index (χ3n) is 6.97. The van der Waals surface area contributed by atoms with E-state index >= 15 is 0 Å². The summed E-state index contributed by atoms with van der Waals surface area (Å²) in [6.07, 6.45) is -0.967. The van der Waals surface area contributed by atoms with Crippen LogP contribution in [0.3, 0.4) is 0 Å². The number of amides is 1. The van der Waals surface area contributed by atoms with Crippen LogP contribution >= 0.6 is 0 Å². The van der Waals surface area contributed by atoms with E-state index in [1.54, 1.807) is 27.7 Å². The molecule has 0 saturated carbocycles. The molecule has 2 aliphatic heterocycles. The molecule has 10 nitrogen and oxygen atoms in total. The molecule has 1 fully saturated rings. The number of halogens is 2. The highest BCUT2D eigenvalue weighted by molar-refractivity contribution is 5.89. The zero-order valence-electron chi connectivity index (χ0n) is 22.2. The molecule has 39 heavy (non-hydrogen) atoms. The average Bonchev–Trinajstić information content (AvgIpc) is 3.21. The Bertz CT molecular complexity index is 1450. The lowest BCUT2D eigenvalue weighted by atomic mass is 9.84. The number of aromatic nitrogens is 3. The number of ether oxygens (including phenoxy) is 2. The average molecular weight is 544 g/mol. The number of carbonyl (C=O) groups excluding carboxylic acids is 1. The van der Waals surface area contributed by atoms with Gasteiger partial charge in [0.05, 0.1) is 18.3 Å². The Hall–Kier alpha value is -3.64. The number of nitrogens with one attached hydrogen (secondary N) is 2. The van der Waals surface area contributed by atoms with Crippen LogP contribution in [0.1, 0.15) is 77.8 Å². The first-order valence-corrected chi connectivity index (χ1v) is 12.8. The van der Waals surface area contributed by atoms with E-state index in [0.717, 1.165) is 36.0 Å². The largest absolute Gasteiger partial charge is 0.476 e. The Morgan fingerprint density at radius 2 is 2.05 bits per heavy atom. The first-order valence-electron chi connectivity index (χ1n) is 12.8. The fraction of sp³-hybridized carbons (Fsp3) is 0.481. The smallest absolute Gasteiger partial charge is 0.407 e. The standard InChI is InChI=1S/C27H31F2N5O5/c1-13-21(22(25(35)36)34-24(31-13)17-11-30-8-7-19(17)33-34)14-9-20(32-26(37)39-27(2,3)4)23(38-12-14)16-10-15(28)5-6-18(16)29/h5-6,10,14,20,23,30H,7-9,11-12H2,1-4H3,(H,32,37)(H,35,36)/t14-,20-,23+/m0/s1. The minimum absolute atomic E-state index is 0.00996. The normalized spacial score (nSPS) is 21.4. The number of benzene rings is 1. The van der Waals surface area contributed by atoms with E-state index in [1.807, 2.05) is 0 Å². The summed E-state index contributed by atoms with van der Waals surface area (Å²) in [7, 11) is 0. The van der Waals surface area contributed by atoms with Crippen molar-refractivity contribution < 1.29 is 33.0 Å². The molecule has 5 rings (SSSR count). The Kier molecular flexibility index (Phi) is 7.02. The number of carboxylic acid groups (broad SMARTS) is 1. The molecule has 1 saturated heterocycles. The number of hydrogen-bond donors (Lipinski definition) is 3. The van der Waals surface area contributed by atoms with Crippen molar-refractivity contribution in [2.75, 3.05) is 13.2 Å². The summed E-state index contributed by atoms with van der Waals surface area (Å²) in [5.41, 5.74) is 2.17. The molecule has 0 unspecified atom stereocenters. The molecular weight excluding hydrogens is 512 g/mol. The van der Waals surface area contributed by atoms with Gasteiger partial charge in [-0.2, -0.15) is 5.10 Å². The van der Waals surface area contributed by atoms with Crippen molar-refractivity contribution in [2.24, 2.45) is 0 Å². The van der Waals surface area contributed by atoms with Crippen molar-refractivity contribution in [1.29, 1.82) is 0 Å². The van der Waals surface area contributed by atoms with E-state index in [2.05, 4.69) is 15.7 Å². The SMILES string of the molecule is Cc1nc2c3c(nn2c(C(=O)O)c1[C@@H]1CO[C@H](c2cc(F)ccc2F)[C@@H](NC(=O)OC(C)(C)C)C1)CCNC3. The van der Waals surface area contributed by atoms with E-state index in [0.29, 0.717) is 29.9 Å². The van der Waals surface area contributed by atoms with E-state index in [-0.39, 0.29) is 24.3 Å². The lowest BCUT2D eigenvalue weighted by molar-refractivity contribution is -0.0289. The molecule has 0 radical (unpaired) electrons. The lowest BCUT2D eigenvalue weighted by Gasteiger charge is -2.38. The van der Waals surface area contributed by atoms with Crippen molar-refractivity contribution in [3.05, 3.63) is 63.6 Å². The summed E-state index contributed by atoms with van der Waals surface area (Å²) < 4.78 is 41.7. The number of aromatic carboxylic acids is 1. The molecule has 0 spiro atoms. The van der Waals surface area contributed by atoms with Gasteiger partial charge in [0.15, 0.2) is 11.3 Å². The summed E-state index contributed by atoms with van der Waals surface area (Å²) >= 11 is 0. The molecule has 0 aliphatic carbocycles. The van der Waals surface area contributed by atoms with Gasteiger partial charge in [-0.05, 0) is 52.3 Å². The van der Waals surface area contributed by atoms with Crippen LogP contribution in [0.15, 0.2) is 18.2 Å². The van der Waals surface area contributed by atoms with E-state index < -0.39 is 47.4 Å². The highest BCUT2D eigenvalue weighted by Crippen LogP contribution is 2.39. The number of carbonyl (C=O) groups is 2. The fourth-order valence-electron chi connectivity index (χ4n) is 5.43. The van der Waals surface area contributed by atoms with Crippen molar-refractivity contribution in [2.45, 2.75) is 70.7 Å².